The molecule has 0 atom stereocenters. The summed E-state index contributed by atoms with van der Waals surface area (Å²) >= 11 is 0. The number of hydrogen-bond donors (Lipinski definition) is 0. The molecule has 1 nitrogen and oxygen atoms in total. The van der Waals surface area contributed by atoms with Crippen LogP contribution in [0.2, 0.25) is 0 Å². The van der Waals surface area contributed by atoms with Crippen LogP contribution in [0.1, 0.15) is 26.7 Å². The molecule has 0 aliphatic rings. The van der Waals surface area contributed by atoms with Crippen LogP contribution >= 0.6 is 0 Å². The van der Waals surface area contributed by atoms with E-state index in [-0.39, 0.29) is 0 Å². The lowest BCUT2D eigenvalue weighted by Gasteiger charge is -2.05. The van der Waals surface area contributed by atoms with E-state index < -0.39 is 5.89 Å². The Kier molecular flexibility index (Phi) is 2.46. The summed E-state index contributed by atoms with van der Waals surface area (Å²) in [5.74, 6) is -0.581. The summed E-state index contributed by atoms with van der Waals surface area (Å²) in [4.78, 5) is 4.40. The largest absolute Gasteiger partial charge is 0.256 e. The first kappa shape index (κ1) is 8.66. The summed E-state index contributed by atoms with van der Waals surface area (Å²) in [6.07, 6.45) is 1.79. The Labute approximate surface area is 92.2 Å². The van der Waals surface area contributed by atoms with Gasteiger partial charge in [-0.25, -0.2) is 0 Å². The summed E-state index contributed by atoms with van der Waals surface area (Å²) in [5, 5.41) is 0. The van der Waals surface area contributed by atoms with Crippen LogP contribution in [0, 0.1) is 0 Å². The molecule has 0 spiro atoms. The van der Waals surface area contributed by atoms with Crippen molar-refractivity contribution in [3.63, 3.8) is 0 Å². The van der Waals surface area contributed by atoms with Gasteiger partial charge in [0.05, 0.1) is 5.69 Å². The molecule has 15 heavy (non-hydrogen) atoms. The highest BCUT2D eigenvalue weighted by molar-refractivity contribution is 5.58. The number of benzene rings is 1. The van der Waals surface area contributed by atoms with Gasteiger partial charge in [-0.1, -0.05) is 50.2 Å². The van der Waals surface area contributed by atoms with Crippen LogP contribution in [0.4, 0.5) is 0 Å². The second-order valence-electron chi connectivity index (χ2n) is 3.80. The molecular formula is C14H15N. The van der Waals surface area contributed by atoms with E-state index in [2.05, 4.69) is 4.98 Å². The van der Waals surface area contributed by atoms with Gasteiger partial charge >= 0.3 is 0 Å². The first-order valence-electron chi connectivity index (χ1n) is 5.59. The van der Waals surface area contributed by atoms with Crippen molar-refractivity contribution in [3.05, 3.63) is 54.2 Å². The van der Waals surface area contributed by atoms with Crippen LogP contribution in [0.25, 0.3) is 11.3 Å². The van der Waals surface area contributed by atoms with Gasteiger partial charge in [0.15, 0.2) is 0 Å². The molecule has 2 aromatic rings. The molecule has 0 radical (unpaired) electrons. The maximum Gasteiger partial charge on any atom is 0.0702 e. The van der Waals surface area contributed by atoms with Gasteiger partial charge in [0, 0.05) is 13.1 Å². The SMILES string of the molecule is [2H]C(C)(C)c1ccc(-c2ccccc2)nc1. The summed E-state index contributed by atoms with van der Waals surface area (Å²) in [5.41, 5.74) is 3.00. The van der Waals surface area contributed by atoms with Gasteiger partial charge in [0.1, 0.15) is 0 Å². The Morgan fingerprint density at radius 1 is 1.07 bits per heavy atom. The second kappa shape index (κ2) is 4.26. The maximum absolute atomic E-state index is 7.91. The second-order valence-corrected chi connectivity index (χ2v) is 3.80. The molecule has 0 amide bonds. The monoisotopic (exact) mass is 198 g/mol. The Morgan fingerprint density at radius 2 is 1.80 bits per heavy atom. The molecule has 2 rings (SSSR count). The Balaban J connectivity index is 2.34. The number of rotatable bonds is 2. The summed E-state index contributed by atoms with van der Waals surface area (Å²) in [6, 6.07) is 14.0. The van der Waals surface area contributed by atoms with Crippen molar-refractivity contribution >= 4 is 0 Å². The van der Waals surface area contributed by atoms with E-state index in [9.17, 15) is 0 Å². The average molecular weight is 198 g/mol. The van der Waals surface area contributed by atoms with Crippen LogP contribution in [-0.4, -0.2) is 4.98 Å². The van der Waals surface area contributed by atoms with Gasteiger partial charge < -0.3 is 0 Å². The third-order valence-corrected chi connectivity index (χ3v) is 2.41. The zero-order valence-electron chi connectivity index (χ0n) is 10.1. The van der Waals surface area contributed by atoms with Crippen LogP contribution < -0.4 is 0 Å². The number of pyridine rings is 1. The van der Waals surface area contributed by atoms with E-state index in [1.807, 2.05) is 56.3 Å². The molecular weight excluding hydrogens is 182 g/mol. The Morgan fingerprint density at radius 3 is 2.33 bits per heavy atom. The molecule has 0 aliphatic carbocycles. The molecule has 0 bridgehead atoms. The predicted octanol–water partition coefficient (Wildman–Crippen LogP) is 3.87. The fraction of sp³-hybridized carbons (Fsp3) is 0.214. The van der Waals surface area contributed by atoms with Gasteiger partial charge in [-0.05, 0) is 17.5 Å². The lowest BCUT2D eigenvalue weighted by atomic mass is 10.0. The fourth-order valence-electron chi connectivity index (χ4n) is 1.47. The zero-order valence-corrected chi connectivity index (χ0v) is 9.07. The molecule has 1 heterocycles. The number of hydrogen-bond acceptors (Lipinski definition) is 1. The van der Waals surface area contributed by atoms with Gasteiger partial charge in [0.2, 0.25) is 0 Å². The van der Waals surface area contributed by atoms with Crippen LogP contribution in [0.3, 0.4) is 0 Å². The van der Waals surface area contributed by atoms with Gasteiger partial charge in [-0.2, -0.15) is 0 Å². The topological polar surface area (TPSA) is 12.9 Å². The smallest absolute Gasteiger partial charge is 0.0702 e. The van der Waals surface area contributed by atoms with Gasteiger partial charge in [0.25, 0.3) is 0 Å². The third kappa shape index (κ3) is 2.24. The van der Waals surface area contributed by atoms with Crippen molar-refractivity contribution in [2.75, 3.05) is 0 Å². The summed E-state index contributed by atoms with van der Waals surface area (Å²) < 4.78 is 7.91. The van der Waals surface area contributed by atoms with Crippen LogP contribution in [0.5, 0.6) is 0 Å². The van der Waals surface area contributed by atoms with Crippen LogP contribution in [0.15, 0.2) is 48.7 Å². The first-order chi connectivity index (χ1) is 7.57. The molecule has 1 aromatic heterocycles. The van der Waals surface area contributed by atoms with E-state index in [4.69, 9.17) is 1.37 Å². The predicted molar refractivity (Wildman–Crippen MR) is 63.8 cm³/mol. The number of aromatic nitrogens is 1. The molecule has 1 heteroatoms. The van der Waals surface area contributed by atoms with Crippen molar-refractivity contribution < 1.29 is 1.37 Å². The molecule has 0 aliphatic heterocycles. The van der Waals surface area contributed by atoms with Crippen molar-refractivity contribution in [2.24, 2.45) is 0 Å². The van der Waals surface area contributed by atoms with Gasteiger partial charge in [-0.3, -0.25) is 4.98 Å². The molecule has 0 unspecified atom stereocenters. The minimum Gasteiger partial charge on any atom is -0.256 e. The standard InChI is InChI=1S/C14H15N/c1-11(2)13-8-9-14(15-10-13)12-6-4-3-5-7-12/h3-11H,1-2H3/i11D. The van der Waals surface area contributed by atoms with E-state index >= 15 is 0 Å². The normalized spacial score (nSPS) is 12.3. The Hall–Kier alpha value is -1.63. The van der Waals surface area contributed by atoms with Crippen LogP contribution in [-0.2, 0) is 0 Å². The maximum atomic E-state index is 7.91. The average Bonchev–Trinajstić information content (AvgIpc) is 2.29. The zero-order chi connectivity index (χ0) is 11.6. The van der Waals surface area contributed by atoms with Crippen molar-refractivity contribution in [1.29, 1.82) is 0 Å². The molecule has 76 valence electrons. The highest BCUT2D eigenvalue weighted by Gasteiger charge is 2.01. The van der Waals surface area contributed by atoms with E-state index in [0.717, 1.165) is 16.8 Å². The molecule has 0 saturated carbocycles. The summed E-state index contributed by atoms with van der Waals surface area (Å²) in [7, 11) is 0. The fourth-order valence-corrected chi connectivity index (χ4v) is 1.47. The van der Waals surface area contributed by atoms with Crippen molar-refractivity contribution in [1.82, 2.24) is 4.98 Å². The molecule has 0 N–H and O–H groups in total. The number of nitrogens with zero attached hydrogens (tertiary/aromatic N) is 1. The highest BCUT2D eigenvalue weighted by atomic mass is 14.7. The van der Waals surface area contributed by atoms with E-state index in [0.29, 0.717) is 0 Å². The third-order valence-electron chi connectivity index (χ3n) is 2.41. The van der Waals surface area contributed by atoms with E-state index in [1.54, 1.807) is 6.20 Å². The van der Waals surface area contributed by atoms with Crippen molar-refractivity contribution in [3.8, 4) is 11.3 Å². The highest BCUT2D eigenvalue weighted by Crippen LogP contribution is 2.19. The molecule has 1 aromatic carbocycles. The Bertz CT molecular complexity index is 454. The molecule has 0 saturated heterocycles. The summed E-state index contributed by atoms with van der Waals surface area (Å²) in [6.45, 7) is 3.73. The molecule has 0 fully saturated rings. The van der Waals surface area contributed by atoms with Crippen molar-refractivity contribution in [2.45, 2.75) is 19.7 Å². The lowest BCUT2D eigenvalue weighted by molar-refractivity contribution is 0.859. The quantitative estimate of drug-likeness (QED) is 0.713. The first-order valence-corrected chi connectivity index (χ1v) is 5.09. The van der Waals surface area contributed by atoms with E-state index in [1.165, 1.54) is 0 Å². The lowest BCUT2D eigenvalue weighted by Crippen LogP contribution is -1.89. The minimum atomic E-state index is -0.581. The van der Waals surface area contributed by atoms with Gasteiger partial charge in [-0.15, -0.1) is 0 Å². The minimum absolute atomic E-state index is 0.581.